The fraction of sp³-hybridized carbons (Fsp3) is 0.962. The highest BCUT2D eigenvalue weighted by atomic mass is 16.1. The van der Waals surface area contributed by atoms with Crippen molar-refractivity contribution in [2.75, 3.05) is 26.2 Å². The average molecular weight is 403 g/mol. The molecule has 4 fully saturated rings. The molecule has 2 heterocycles. The number of hydrogen-bond acceptors (Lipinski definition) is 3. The molecule has 3 heteroatoms. The first-order valence-electron chi connectivity index (χ1n) is 12.9. The number of carbonyl (C=O) groups is 1. The zero-order valence-electron chi connectivity index (χ0n) is 19.7. The molecule has 1 spiro atoms. The van der Waals surface area contributed by atoms with Crippen molar-refractivity contribution in [3.8, 4) is 0 Å². The third-order valence-electron chi connectivity index (χ3n) is 9.39. The molecule has 166 valence electrons. The van der Waals surface area contributed by atoms with Crippen molar-refractivity contribution in [2.45, 2.75) is 104 Å². The molecular weight excluding hydrogens is 356 g/mol. The van der Waals surface area contributed by atoms with Crippen LogP contribution in [0.15, 0.2) is 0 Å². The van der Waals surface area contributed by atoms with E-state index in [0.717, 1.165) is 23.9 Å². The molecule has 0 atom stereocenters. The molecule has 4 rings (SSSR count). The standard InChI is InChI=1S/C26H46N2O/c1-19(2)21-7-13-27(14-8-21)24-9-15-28(16-10-24)23-5-11-26(12-6-23)17-22(18-26)25(29)20(3)4/h19-24H,5-18H2,1-4H3/t22-,23-,26?. The lowest BCUT2D eigenvalue weighted by Crippen LogP contribution is -2.52. The predicted octanol–water partition coefficient (Wildman–Crippen LogP) is 5.38. The first kappa shape index (κ1) is 21.8. The average Bonchev–Trinajstić information content (AvgIpc) is 2.72. The second kappa shape index (κ2) is 8.99. The van der Waals surface area contributed by atoms with Crippen LogP contribution >= 0.6 is 0 Å². The van der Waals surface area contributed by atoms with E-state index in [9.17, 15) is 4.79 Å². The molecule has 2 aliphatic carbocycles. The number of likely N-dealkylation sites (tertiary alicyclic amines) is 2. The van der Waals surface area contributed by atoms with Gasteiger partial charge in [0.1, 0.15) is 5.78 Å². The van der Waals surface area contributed by atoms with Crippen molar-refractivity contribution < 1.29 is 4.79 Å². The summed E-state index contributed by atoms with van der Waals surface area (Å²) in [7, 11) is 0. The summed E-state index contributed by atoms with van der Waals surface area (Å²) >= 11 is 0. The van der Waals surface area contributed by atoms with Gasteiger partial charge in [0.2, 0.25) is 0 Å². The minimum Gasteiger partial charge on any atom is -0.300 e. The molecule has 0 radical (unpaired) electrons. The Hall–Kier alpha value is -0.410. The molecule has 4 aliphatic rings. The highest BCUT2D eigenvalue weighted by Crippen LogP contribution is 2.56. The van der Waals surface area contributed by atoms with Gasteiger partial charge in [-0.3, -0.25) is 4.79 Å². The summed E-state index contributed by atoms with van der Waals surface area (Å²) < 4.78 is 0. The largest absolute Gasteiger partial charge is 0.300 e. The lowest BCUT2D eigenvalue weighted by molar-refractivity contribution is -0.135. The van der Waals surface area contributed by atoms with E-state index in [4.69, 9.17) is 0 Å². The molecule has 0 bridgehead atoms. The minimum atomic E-state index is 0.228. The number of nitrogens with zero attached hydrogens (tertiary/aromatic N) is 2. The second-order valence-corrected chi connectivity index (χ2v) is 11.8. The number of rotatable bonds is 5. The Morgan fingerprint density at radius 2 is 1.24 bits per heavy atom. The Labute approximate surface area is 180 Å². The van der Waals surface area contributed by atoms with Gasteiger partial charge in [0, 0.05) is 23.9 Å². The van der Waals surface area contributed by atoms with Gasteiger partial charge in [0.15, 0.2) is 0 Å². The van der Waals surface area contributed by atoms with Crippen molar-refractivity contribution in [2.24, 2.45) is 29.1 Å². The van der Waals surface area contributed by atoms with Crippen molar-refractivity contribution in [1.29, 1.82) is 0 Å². The van der Waals surface area contributed by atoms with Crippen molar-refractivity contribution in [3.05, 3.63) is 0 Å². The summed E-state index contributed by atoms with van der Waals surface area (Å²) in [5, 5.41) is 0. The van der Waals surface area contributed by atoms with E-state index in [1.54, 1.807) is 0 Å². The van der Waals surface area contributed by atoms with Crippen LogP contribution in [0, 0.1) is 29.1 Å². The van der Waals surface area contributed by atoms with Gasteiger partial charge < -0.3 is 9.80 Å². The molecule has 0 aromatic rings. The van der Waals surface area contributed by atoms with Crippen molar-refractivity contribution in [1.82, 2.24) is 9.80 Å². The van der Waals surface area contributed by atoms with Crippen molar-refractivity contribution >= 4 is 5.78 Å². The van der Waals surface area contributed by atoms with E-state index in [1.807, 2.05) is 0 Å². The Bertz CT molecular complexity index is 539. The molecule has 2 aliphatic heterocycles. The molecule has 0 aromatic carbocycles. The zero-order valence-corrected chi connectivity index (χ0v) is 19.7. The normalized spacial score (nSPS) is 36.1. The van der Waals surface area contributed by atoms with E-state index in [-0.39, 0.29) is 5.92 Å². The molecule has 29 heavy (non-hydrogen) atoms. The number of ketones is 1. The van der Waals surface area contributed by atoms with E-state index < -0.39 is 0 Å². The van der Waals surface area contributed by atoms with Gasteiger partial charge in [-0.15, -0.1) is 0 Å². The van der Waals surface area contributed by atoms with Crippen LogP contribution in [0.1, 0.15) is 91.9 Å². The summed E-state index contributed by atoms with van der Waals surface area (Å²) in [5.41, 5.74) is 0.546. The van der Waals surface area contributed by atoms with Gasteiger partial charge in [-0.25, -0.2) is 0 Å². The van der Waals surface area contributed by atoms with Gasteiger partial charge in [-0.2, -0.15) is 0 Å². The topological polar surface area (TPSA) is 23.6 Å². The number of hydrogen-bond donors (Lipinski definition) is 0. The molecule has 2 saturated carbocycles. The van der Waals surface area contributed by atoms with Gasteiger partial charge in [0.25, 0.3) is 0 Å². The lowest BCUT2D eigenvalue weighted by atomic mass is 9.53. The molecular formula is C26H46N2O. The molecule has 0 unspecified atom stereocenters. The van der Waals surface area contributed by atoms with Gasteiger partial charge in [0.05, 0.1) is 0 Å². The first-order chi connectivity index (χ1) is 13.9. The van der Waals surface area contributed by atoms with E-state index in [2.05, 4.69) is 37.5 Å². The molecule has 2 saturated heterocycles. The van der Waals surface area contributed by atoms with Crippen LogP contribution in [0.5, 0.6) is 0 Å². The maximum atomic E-state index is 12.3. The first-order valence-corrected chi connectivity index (χ1v) is 12.9. The van der Waals surface area contributed by atoms with E-state index in [0.29, 0.717) is 17.1 Å². The molecule has 3 nitrogen and oxygen atoms in total. The molecule has 0 N–H and O–H groups in total. The number of Topliss-reactive ketones (excluding diaryl/α,β-unsaturated/α-hetero) is 1. The van der Waals surface area contributed by atoms with Gasteiger partial charge >= 0.3 is 0 Å². The second-order valence-electron chi connectivity index (χ2n) is 11.8. The summed E-state index contributed by atoms with van der Waals surface area (Å²) in [6, 6.07) is 1.68. The number of piperidine rings is 2. The van der Waals surface area contributed by atoms with Gasteiger partial charge in [-0.05, 0) is 108 Å². The minimum absolute atomic E-state index is 0.228. The van der Waals surface area contributed by atoms with E-state index >= 15 is 0 Å². The number of carbonyl (C=O) groups excluding carboxylic acids is 1. The summed E-state index contributed by atoms with van der Waals surface area (Å²) in [6.45, 7) is 14.3. The van der Waals surface area contributed by atoms with Crippen molar-refractivity contribution in [3.63, 3.8) is 0 Å². The highest BCUT2D eigenvalue weighted by Gasteiger charge is 2.49. The zero-order chi connectivity index (χ0) is 20.6. The third kappa shape index (κ3) is 4.76. The van der Waals surface area contributed by atoms with Crippen LogP contribution < -0.4 is 0 Å². The monoisotopic (exact) mass is 402 g/mol. The van der Waals surface area contributed by atoms with Crippen LogP contribution in [-0.4, -0.2) is 53.8 Å². The Balaban J connectivity index is 1.17. The molecule has 0 amide bonds. The fourth-order valence-corrected chi connectivity index (χ4v) is 7.21. The Kier molecular flexibility index (Phi) is 6.76. The van der Waals surface area contributed by atoms with Crippen LogP contribution in [0.3, 0.4) is 0 Å². The Morgan fingerprint density at radius 1 is 0.759 bits per heavy atom. The van der Waals surface area contributed by atoms with Crippen LogP contribution in [0.4, 0.5) is 0 Å². The predicted molar refractivity (Wildman–Crippen MR) is 121 cm³/mol. The maximum Gasteiger partial charge on any atom is 0.138 e. The smallest absolute Gasteiger partial charge is 0.138 e. The van der Waals surface area contributed by atoms with Crippen LogP contribution in [-0.2, 0) is 4.79 Å². The van der Waals surface area contributed by atoms with Crippen LogP contribution in [0.2, 0.25) is 0 Å². The molecule has 0 aromatic heterocycles. The van der Waals surface area contributed by atoms with Crippen LogP contribution in [0.25, 0.3) is 0 Å². The summed E-state index contributed by atoms with van der Waals surface area (Å²) in [4.78, 5) is 17.9. The maximum absolute atomic E-state index is 12.3. The summed E-state index contributed by atoms with van der Waals surface area (Å²) in [5.74, 6) is 2.97. The quantitative estimate of drug-likeness (QED) is 0.616. The van der Waals surface area contributed by atoms with Gasteiger partial charge in [-0.1, -0.05) is 27.7 Å². The SMILES string of the molecule is CC(C)C(=O)[C@H]1CC2(CC[C@H](N3CCC(N4CCC(C(C)C)CC4)CC3)CC2)C1. The fourth-order valence-electron chi connectivity index (χ4n) is 7.21. The highest BCUT2D eigenvalue weighted by molar-refractivity contribution is 5.83. The van der Waals surface area contributed by atoms with E-state index in [1.165, 1.54) is 90.4 Å². The lowest BCUT2D eigenvalue weighted by Gasteiger charge is -2.53. The summed E-state index contributed by atoms with van der Waals surface area (Å²) in [6.07, 6.45) is 13.5. The Morgan fingerprint density at radius 3 is 1.72 bits per heavy atom. The third-order valence-corrected chi connectivity index (χ3v) is 9.39.